The number of carbonyl (C=O) groups is 2. The zero-order valence-corrected chi connectivity index (χ0v) is 19.4. The van der Waals surface area contributed by atoms with Crippen molar-refractivity contribution in [2.75, 3.05) is 26.4 Å². The minimum atomic E-state index is -0.348. The van der Waals surface area contributed by atoms with Crippen LogP contribution in [0, 0.1) is 11.8 Å². The third-order valence-electron chi connectivity index (χ3n) is 6.29. The molecule has 2 aliphatic rings. The van der Waals surface area contributed by atoms with Crippen molar-refractivity contribution in [3.63, 3.8) is 0 Å². The first kappa shape index (κ1) is 25.6. The Morgan fingerprint density at radius 1 is 0.645 bits per heavy atom. The van der Waals surface area contributed by atoms with Crippen molar-refractivity contribution in [2.45, 2.75) is 83.8 Å². The number of esters is 2. The van der Waals surface area contributed by atoms with Crippen molar-refractivity contribution in [3.8, 4) is 0 Å². The monoisotopic (exact) mass is 436 g/mol. The lowest BCUT2D eigenvalue weighted by molar-refractivity contribution is -0.142. The lowest BCUT2D eigenvalue weighted by atomic mass is 9.76. The molecule has 2 fully saturated rings. The van der Waals surface area contributed by atoms with E-state index in [0.717, 1.165) is 37.5 Å². The van der Waals surface area contributed by atoms with Gasteiger partial charge in [0.05, 0.1) is 25.4 Å². The van der Waals surface area contributed by atoms with Gasteiger partial charge >= 0.3 is 11.9 Å². The molecule has 0 saturated heterocycles. The van der Waals surface area contributed by atoms with Crippen molar-refractivity contribution in [1.82, 2.24) is 0 Å². The smallest absolute Gasteiger partial charge is 0.333 e. The van der Waals surface area contributed by atoms with E-state index in [4.69, 9.17) is 18.9 Å². The van der Waals surface area contributed by atoms with Crippen molar-refractivity contribution in [1.29, 1.82) is 0 Å². The molecule has 2 saturated carbocycles. The van der Waals surface area contributed by atoms with Gasteiger partial charge < -0.3 is 18.9 Å². The first-order chi connectivity index (χ1) is 14.8. The van der Waals surface area contributed by atoms with Gasteiger partial charge in [0.25, 0.3) is 0 Å². The molecule has 2 aliphatic carbocycles. The number of carbonyl (C=O) groups excluding carboxylic acids is 2. The van der Waals surface area contributed by atoms with E-state index in [2.05, 4.69) is 13.2 Å². The van der Waals surface area contributed by atoms with Gasteiger partial charge in [-0.3, -0.25) is 0 Å². The number of hydrogen-bond donors (Lipinski definition) is 0. The second-order valence-corrected chi connectivity index (χ2v) is 9.10. The van der Waals surface area contributed by atoms with Crippen LogP contribution in [0.1, 0.15) is 71.6 Å². The lowest BCUT2D eigenvalue weighted by Gasteiger charge is -2.34. The second kappa shape index (κ2) is 13.7. The van der Waals surface area contributed by atoms with Gasteiger partial charge in [0.1, 0.15) is 13.2 Å². The van der Waals surface area contributed by atoms with Crippen LogP contribution in [0.4, 0.5) is 0 Å². The van der Waals surface area contributed by atoms with Gasteiger partial charge in [-0.05, 0) is 83.5 Å². The number of ether oxygens (including phenoxy) is 4. The van der Waals surface area contributed by atoms with Crippen LogP contribution in [0.3, 0.4) is 0 Å². The fraction of sp³-hybridized carbons (Fsp3) is 0.760. The van der Waals surface area contributed by atoms with Crippen molar-refractivity contribution in [3.05, 3.63) is 24.3 Å². The predicted octanol–water partition coefficient (Wildman–Crippen LogP) is 4.77. The molecule has 0 N–H and O–H groups in total. The second-order valence-electron chi connectivity index (χ2n) is 9.10. The Bertz CT molecular complexity index is 545. The molecule has 31 heavy (non-hydrogen) atoms. The van der Waals surface area contributed by atoms with Gasteiger partial charge in [-0.2, -0.15) is 0 Å². The highest BCUT2D eigenvalue weighted by Crippen LogP contribution is 2.36. The average Bonchev–Trinajstić information content (AvgIpc) is 2.76. The minimum Gasteiger partial charge on any atom is -0.460 e. The molecule has 176 valence electrons. The van der Waals surface area contributed by atoms with Gasteiger partial charge in [0.15, 0.2) is 0 Å². The van der Waals surface area contributed by atoms with Gasteiger partial charge in [-0.15, -0.1) is 0 Å². The van der Waals surface area contributed by atoms with E-state index < -0.39 is 0 Å². The van der Waals surface area contributed by atoms with E-state index in [1.54, 1.807) is 13.8 Å². The van der Waals surface area contributed by atoms with E-state index in [9.17, 15) is 9.59 Å². The highest BCUT2D eigenvalue weighted by atomic mass is 16.6. The summed E-state index contributed by atoms with van der Waals surface area (Å²) in [6.45, 7) is 12.0. The van der Waals surface area contributed by atoms with Gasteiger partial charge in [-0.1, -0.05) is 13.2 Å². The summed E-state index contributed by atoms with van der Waals surface area (Å²) in [5.74, 6) is 0.896. The van der Waals surface area contributed by atoms with Crippen molar-refractivity contribution >= 4 is 11.9 Å². The van der Waals surface area contributed by atoms with Crippen LogP contribution in [0.5, 0.6) is 0 Å². The zero-order valence-electron chi connectivity index (χ0n) is 19.4. The lowest BCUT2D eigenvalue weighted by Crippen LogP contribution is -2.27. The van der Waals surface area contributed by atoms with E-state index >= 15 is 0 Å². The summed E-state index contributed by atoms with van der Waals surface area (Å²) in [4.78, 5) is 22.7. The summed E-state index contributed by atoms with van der Waals surface area (Å²) in [5.41, 5.74) is 0.843. The zero-order chi connectivity index (χ0) is 22.6. The van der Waals surface area contributed by atoms with Crippen LogP contribution in [-0.4, -0.2) is 50.6 Å². The predicted molar refractivity (Wildman–Crippen MR) is 120 cm³/mol. The average molecular weight is 437 g/mol. The first-order valence-corrected chi connectivity index (χ1v) is 11.7. The molecule has 0 aliphatic heterocycles. The third-order valence-corrected chi connectivity index (χ3v) is 6.29. The van der Waals surface area contributed by atoms with Gasteiger partial charge in [0, 0.05) is 11.1 Å². The van der Waals surface area contributed by atoms with Crippen LogP contribution in [0.25, 0.3) is 0 Å². The van der Waals surface area contributed by atoms with E-state index in [0.29, 0.717) is 49.8 Å². The highest BCUT2D eigenvalue weighted by molar-refractivity contribution is 5.87. The maximum absolute atomic E-state index is 11.4. The largest absolute Gasteiger partial charge is 0.460 e. The fourth-order valence-corrected chi connectivity index (χ4v) is 4.48. The van der Waals surface area contributed by atoms with E-state index in [1.807, 2.05) is 0 Å². The summed E-state index contributed by atoms with van der Waals surface area (Å²) in [6, 6.07) is 0. The maximum atomic E-state index is 11.4. The molecular weight excluding hydrogens is 396 g/mol. The van der Waals surface area contributed by atoms with Gasteiger partial charge in [0.2, 0.25) is 0 Å². The number of hydrogen-bond acceptors (Lipinski definition) is 6. The van der Waals surface area contributed by atoms with Crippen LogP contribution >= 0.6 is 0 Å². The molecule has 0 aromatic carbocycles. The van der Waals surface area contributed by atoms with Gasteiger partial charge in [-0.25, -0.2) is 9.59 Å². The highest BCUT2D eigenvalue weighted by Gasteiger charge is 2.27. The molecule has 0 atom stereocenters. The molecular formula is C25H40O6. The summed E-state index contributed by atoms with van der Waals surface area (Å²) in [6.07, 6.45) is 11.2. The summed E-state index contributed by atoms with van der Waals surface area (Å²) in [7, 11) is 0. The fourth-order valence-electron chi connectivity index (χ4n) is 4.48. The SMILES string of the molecule is C=C(C)C(=O)OCCOC1CCC(CC2CCC(OCCOC(=O)C(=C)C)CC2)CC1. The normalized spacial score (nSPS) is 26.1. The van der Waals surface area contributed by atoms with E-state index in [-0.39, 0.29) is 11.9 Å². The minimum absolute atomic E-state index is 0.294. The molecule has 6 nitrogen and oxygen atoms in total. The Kier molecular flexibility index (Phi) is 11.3. The van der Waals surface area contributed by atoms with Crippen LogP contribution in [0.15, 0.2) is 24.3 Å². The van der Waals surface area contributed by atoms with Crippen LogP contribution in [-0.2, 0) is 28.5 Å². The first-order valence-electron chi connectivity index (χ1n) is 11.7. The molecule has 0 radical (unpaired) electrons. The molecule has 0 spiro atoms. The Labute approximate surface area is 187 Å². The van der Waals surface area contributed by atoms with Crippen LogP contribution in [0.2, 0.25) is 0 Å². The molecule has 0 aromatic rings. The summed E-state index contributed by atoms with van der Waals surface area (Å²) < 4.78 is 21.9. The maximum Gasteiger partial charge on any atom is 0.333 e. The molecule has 0 heterocycles. The van der Waals surface area contributed by atoms with Crippen LogP contribution < -0.4 is 0 Å². The Morgan fingerprint density at radius 3 is 1.32 bits per heavy atom. The molecule has 0 amide bonds. The van der Waals surface area contributed by atoms with E-state index in [1.165, 1.54) is 32.1 Å². The number of rotatable bonds is 12. The molecule has 0 bridgehead atoms. The topological polar surface area (TPSA) is 71.1 Å². The van der Waals surface area contributed by atoms with Crippen molar-refractivity contribution < 1.29 is 28.5 Å². The Morgan fingerprint density at radius 2 is 1.00 bits per heavy atom. The Hall–Kier alpha value is -1.66. The standard InChI is InChI=1S/C25H40O6/c1-18(2)24(26)30-15-13-28-22-9-5-20(6-10-22)17-21-7-11-23(12-8-21)29-14-16-31-25(27)19(3)4/h20-23H,1,3,5-17H2,2,4H3. The summed E-state index contributed by atoms with van der Waals surface area (Å²) in [5, 5.41) is 0. The quantitative estimate of drug-likeness (QED) is 0.249. The third kappa shape index (κ3) is 10.0. The molecule has 6 heteroatoms. The Balaban J connectivity index is 1.50. The molecule has 2 rings (SSSR count). The van der Waals surface area contributed by atoms with Crippen molar-refractivity contribution in [2.24, 2.45) is 11.8 Å². The molecule has 0 aromatic heterocycles. The summed E-state index contributed by atoms with van der Waals surface area (Å²) >= 11 is 0. The molecule has 0 unspecified atom stereocenters.